The highest BCUT2D eigenvalue weighted by atomic mass is 31.2. The van der Waals surface area contributed by atoms with E-state index in [1.807, 2.05) is 0 Å². The molecule has 12 nitrogen and oxygen atoms in total. The van der Waals surface area contributed by atoms with Crippen LogP contribution in [0, 0.1) is 0 Å². The van der Waals surface area contributed by atoms with Crippen molar-refractivity contribution >= 4 is 19.5 Å². The normalized spacial score (nSPS) is 21.8. The maximum atomic E-state index is 15.5. The van der Waals surface area contributed by atoms with Crippen LogP contribution >= 0.6 is 7.60 Å². The molecule has 3 rings (SSSR count). The number of rotatable bonds is 13. The van der Waals surface area contributed by atoms with Crippen molar-refractivity contribution in [3.8, 4) is 0 Å². The number of hydrogen-bond donors (Lipinski definition) is 0. The number of alkyl halides is 2. The van der Waals surface area contributed by atoms with E-state index < -0.39 is 56.2 Å². The fourth-order valence-corrected chi connectivity index (χ4v) is 5.41. The van der Waals surface area contributed by atoms with Crippen molar-refractivity contribution in [1.29, 1.82) is 0 Å². The Labute approximate surface area is 218 Å². The summed E-state index contributed by atoms with van der Waals surface area (Å²) in [5.41, 5.74) is -3.28. The van der Waals surface area contributed by atoms with Crippen molar-refractivity contribution in [2.24, 2.45) is 0 Å². The van der Waals surface area contributed by atoms with Gasteiger partial charge in [0, 0.05) is 6.92 Å². The van der Waals surface area contributed by atoms with Crippen molar-refractivity contribution in [3.05, 3.63) is 48.0 Å². The molecular formula is C23H30F2N3O9P. The fourth-order valence-electron chi connectivity index (χ4n) is 3.87. The van der Waals surface area contributed by atoms with Crippen LogP contribution in [0.1, 0.15) is 49.6 Å². The molecule has 1 unspecified atom stereocenters. The van der Waals surface area contributed by atoms with Gasteiger partial charge in [-0.3, -0.25) is 9.36 Å². The Balaban J connectivity index is 1.98. The predicted molar refractivity (Wildman–Crippen MR) is 126 cm³/mol. The number of aromatic nitrogens is 3. The molecule has 0 bridgehead atoms. The summed E-state index contributed by atoms with van der Waals surface area (Å²) in [5.74, 6) is -1.92. The van der Waals surface area contributed by atoms with E-state index in [0.717, 1.165) is 25.0 Å². The minimum Gasteiger partial charge on any atom is -0.463 e. The molecule has 15 heteroatoms. The van der Waals surface area contributed by atoms with Gasteiger partial charge in [-0.1, -0.05) is 30.3 Å². The minimum atomic E-state index is -4.90. The molecule has 1 aliphatic heterocycles. The van der Waals surface area contributed by atoms with Gasteiger partial charge in [0.05, 0.1) is 39.5 Å². The van der Waals surface area contributed by atoms with E-state index >= 15 is 8.78 Å². The summed E-state index contributed by atoms with van der Waals surface area (Å²) in [7, 11) is -3.77. The average molecular weight is 561 g/mol. The summed E-state index contributed by atoms with van der Waals surface area (Å²) in [4.78, 5) is 27.7. The van der Waals surface area contributed by atoms with Gasteiger partial charge in [0.1, 0.15) is 12.4 Å². The van der Waals surface area contributed by atoms with Crippen molar-refractivity contribution in [3.63, 3.8) is 0 Å². The number of esters is 2. The lowest BCUT2D eigenvalue weighted by Gasteiger charge is -2.29. The number of ether oxygens (including phenoxy) is 4. The predicted octanol–water partition coefficient (Wildman–Crippen LogP) is 3.73. The lowest BCUT2D eigenvalue weighted by molar-refractivity contribution is -0.158. The number of methoxy groups -OCH3 is 1. The third kappa shape index (κ3) is 6.80. The number of benzene rings is 1. The second-order valence-corrected chi connectivity index (χ2v) is 10.3. The van der Waals surface area contributed by atoms with E-state index in [0.29, 0.717) is 5.56 Å². The van der Waals surface area contributed by atoms with Gasteiger partial charge in [0.2, 0.25) is 0 Å². The maximum Gasteiger partial charge on any atom is 0.399 e. The molecule has 0 amide bonds. The third-order valence-corrected chi connectivity index (χ3v) is 7.64. The molecule has 2 heterocycles. The maximum absolute atomic E-state index is 15.5. The Kier molecular flexibility index (Phi) is 10.1. The van der Waals surface area contributed by atoms with Crippen molar-refractivity contribution in [2.75, 3.05) is 20.3 Å². The highest BCUT2D eigenvalue weighted by molar-refractivity contribution is 7.55. The molecule has 38 heavy (non-hydrogen) atoms. The molecule has 0 spiro atoms. The van der Waals surface area contributed by atoms with E-state index in [1.165, 1.54) is 13.8 Å². The van der Waals surface area contributed by atoms with Crippen LogP contribution in [0.5, 0.6) is 0 Å². The Bertz CT molecular complexity index is 1120. The Morgan fingerprint density at radius 2 is 1.79 bits per heavy atom. The van der Waals surface area contributed by atoms with Crippen LogP contribution < -0.4 is 0 Å². The molecule has 0 N–H and O–H groups in total. The van der Waals surface area contributed by atoms with Gasteiger partial charge < -0.3 is 28.0 Å². The van der Waals surface area contributed by atoms with Crippen LogP contribution in [-0.4, -0.2) is 71.0 Å². The zero-order chi connectivity index (χ0) is 27.9. The zero-order valence-corrected chi connectivity index (χ0v) is 22.2. The van der Waals surface area contributed by atoms with Crippen molar-refractivity contribution in [1.82, 2.24) is 14.8 Å². The third-order valence-electron chi connectivity index (χ3n) is 5.46. The molecule has 0 aliphatic carbocycles. The first kappa shape index (κ1) is 29.8. The molecule has 1 aromatic heterocycles. The molecule has 0 radical (unpaired) electrons. The minimum absolute atomic E-state index is 0.0409. The van der Waals surface area contributed by atoms with Crippen LogP contribution in [0.4, 0.5) is 8.78 Å². The molecule has 1 aromatic carbocycles. The summed E-state index contributed by atoms with van der Waals surface area (Å²) < 4.78 is 76.5. The van der Waals surface area contributed by atoms with Gasteiger partial charge in [-0.15, -0.1) is 5.10 Å². The summed E-state index contributed by atoms with van der Waals surface area (Å²) >= 11 is 0. The molecule has 2 aromatic rings. The van der Waals surface area contributed by atoms with Gasteiger partial charge in [-0.05, 0) is 19.4 Å². The quantitative estimate of drug-likeness (QED) is 0.261. The molecular weight excluding hydrogens is 531 g/mol. The van der Waals surface area contributed by atoms with E-state index in [1.54, 1.807) is 30.3 Å². The smallest absolute Gasteiger partial charge is 0.399 e. The fraction of sp³-hybridized carbons (Fsp3) is 0.565. The van der Waals surface area contributed by atoms with Crippen LogP contribution in [0.2, 0.25) is 0 Å². The van der Waals surface area contributed by atoms with Gasteiger partial charge >= 0.3 is 25.2 Å². The highest BCUT2D eigenvalue weighted by Gasteiger charge is 2.59. The summed E-state index contributed by atoms with van der Waals surface area (Å²) in [6, 6.07) is 8.86. The van der Waals surface area contributed by atoms with Gasteiger partial charge in [0.25, 0.3) is 5.82 Å². The van der Waals surface area contributed by atoms with E-state index in [-0.39, 0.29) is 25.6 Å². The summed E-state index contributed by atoms with van der Waals surface area (Å²) in [5, 5.41) is 3.98. The van der Waals surface area contributed by atoms with Gasteiger partial charge in [0.15, 0.2) is 12.3 Å². The first-order valence-electron chi connectivity index (χ1n) is 11.8. The Morgan fingerprint density at radius 1 is 1.13 bits per heavy atom. The monoisotopic (exact) mass is 561 g/mol. The van der Waals surface area contributed by atoms with Crippen LogP contribution in [0.3, 0.4) is 0 Å². The molecule has 210 valence electrons. The van der Waals surface area contributed by atoms with Crippen molar-refractivity contribution < 1.29 is 50.9 Å². The van der Waals surface area contributed by atoms with Crippen molar-refractivity contribution in [2.45, 2.75) is 64.0 Å². The lowest BCUT2D eigenvalue weighted by atomic mass is 10.1. The number of carbonyl (C=O) groups excluding carboxylic acids is 2. The molecule has 4 atom stereocenters. The summed E-state index contributed by atoms with van der Waals surface area (Å²) in [6.07, 6.45) is -5.39. The SMILES string of the molecule is CCOP(=O)(OCC)C(F)(F)C[C@H]1O[C@@H](n2cnc(C(=O)OC)n2)C(OC(C)=O)[C@H]1OCc1ccccc1. The molecule has 1 fully saturated rings. The first-order valence-corrected chi connectivity index (χ1v) is 13.3. The van der Waals surface area contributed by atoms with Gasteiger partial charge in [-0.25, -0.2) is 14.5 Å². The Morgan fingerprint density at radius 3 is 2.37 bits per heavy atom. The summed E-state index contributed by atoms with van der Waals surface area (Å²) in [6.45, 7) is 3.36. The standard InChI is InChI=1S/C23H30F2N3O9P/c1-5-34-38(31,35-6-2)23(24,25)12-17-18(33-13-16-10-8-7-9-11-16)19(36-15(3)29)21(37-17)28-14-26-20(27-28)22(30)32-4/h7-11,14,17-19,21H,5-6,12-13H2,1-4H3/t17-,18+,19?,21-/m1/s1. The zero-order valence-electron chi connectivity index (χ0n) is 21.3. The van der Waals surface area contributed by atoms with Crippen LogP contribution in [0.25, 0.3) is 0 Å². The average Bonchev–Trinajstić information content (AvgIpc) is 3.48. The van der Waals surface area contributed by atoms with E-state index in [9.17, 15) is 14.2 Å². The molecule has 1 aliphatic rings. The Hall–Kier alpha value is -2.77. The first-order chi connectivity index (χ1) is 18.0. The second-order valence-electron chi connectivity index (χ2n) is 8.14. The van der Waals surface area contributed by atoms with Crippen LogP contribution in [-0.2, 0) is 44.0 Å². The molecule has 1 saturated heterocycles. The van der Waals surface area contributed by atoms with E-state index in [2.05, 4.69) is 14.8 Å². The van der Waals surface area contributed by atoms with E-state index in [4.69, 9.17) is 23.3 Å². The highest BCUT2D eigenvalue weighted by Crippen LogP contribution is 2.64. The van der Waals surface area contributed by atoms with Gasteiger partial charge in [-0.2, -0.15) is 8.78 Å². The number of halogens is 2. The number of nitrogens with zero attached hydrogens (tertiary/aromatic N) is 3. The number of hydrogen-bond acceptors (Lipinski definition) is 11. The topological polar surface area (TPSA) is 137 Å². The lowest BCUT2D eigenvalue weighted by Crippen LogP contribution is -2.40. The van der Waals surface area contributed by atoms with Crippen LogP contribution in [0.15, 0.2) is 36.7 Å². The largest absolute Gasteiger partial charge is 0.463 e. The number of carbonyl (C=O) groups is 2. The second kappa shape index (κ2) is 12.9. The molecule has 0 saturated carbocycles.